The van der Waals surface area contributed by atoms with Crippen LogP contribution in [-0.4, -0.2) is 39.9 Å². The summed E-state index contributed by atoms with van der Waals surface area (Å²) in [4.78, 5) is 2.40. The number of nitrogens with zero attached hydrogens (tertiary/aromatic N) is 2. The maximum Gasteiger partial charge on any atom is 0.244 e. The molecule has 2 N–H and O–H groups in total. The van der Waals surface area contributed by atoms with Crippen molar-refractivity contribution < 1.29 is 8.42 Å². The van der Waals surface area contributed by atoms with Crippen molar-refractivity contribution in [2.75, 3.05) is 37.8 Å². The molecule has 1 aromatic carbocycles. The molecule has 21 heavy (non-hydrogen) atoms. The van der Waals surface area contributed by atoms with Gasteiger partial charge in [0.05, 0.1) is 11.4 Å². The Morgan fingerprint density at radius 3 is 2.43 bits per heavy atom. The molecule has 0 amide bonds. The lowest BCUT2D eigenvalue weighted by Gasteiger charge is -2.34. The average Bonchev–Trinajstić information content (AvgIpc) is 2.47. The number of piperidine rings is 1. The zero-order valence-electron chi connectivity index (χ0n) is 13.0. The number of hydrogen-bond donors (Lipinski definition) is 1. The topological polar surface area (TPSA) is 66.6 Å². The summed E-state index contributed by atoms with van der Waals surface area (Å²) in [7, 11) is -0.458. The lowest BCUT2D eigenvalue weighted by Crippen LogP contribution is -2.34. The molecule has 1 heterocycles. The van der Waals surface area contributed by atoms with Gasteiger partial charge < -0.3 is 10.6 Å². The fourth-order valence-corrected chi connectivity index (χ4v) is 3.84. The highest BCUT2D eigenvalue weighted by Gasteiger charge is 2.25. The first-order chi connectivity index (χ1) is 9.87. The third-order valence-corrected chi connectivity index (χ3v) is 6.21. The summed E-state index contributed by atoms with van der Waals surface area (Å²) in [6.07, 6.45) is 3.49. The minimum Gasteiger partial charge on any atom is -0.396 e. The van der Waals surface area contributed by atoms with Crippen LogP contribution in [0.1, 0.15) is 26.2 Å². The predicted octanol–water partition coefficient (Wildman–Crippen LogP) is 2.15. The second-order valence-electron chi connectivity index (χ2n) is 5.82. The van der Waals surface area contributed by atoms with Crippen LogP contribution < -0.4 is 10.6 Å². The molecule has 1 aromatic rings. The van der Waals surface area contributed by atoms with E-state index in [1.54, 1.807) is 12.1 Å². The largest absolute Gasteiger partial charge is 0.396 e. The number of anilines is 2. The molecule has 0 spiro atoms. The van der Waals surface area contributed by atoms with Gasteiger partial charge in [0.15, 0.2) is 0 Å². The monoisotopic (exact) mass is 311 g/mol. The molecule has 1 saturated heterocycles. The lowest BCUT2D eigenvalue weighted by atomic mass is 9.94. The standard InChI is InChI=1S/C15H25N3O2S/c1-4-12-8-10-18(11-9-12)13-6-5-7-14(15(13)16)21(19,20)17(2)3/h5-7,12H,4,8-11,16H2,1-3H3. The summed E-state index contributed by atoms with van der Waals surface area (Å²) < 4.78 is 25.8. The minimum atomic E-state index is -3.50. The van der Waals surface area contributed by atoms with Crippen LogP contribution in [-0.2, 0) is 10.0 Å². The fraction of sp³-hybridized carbons (Fsp3) is 0.600. The number of nitrogen functional groups attached to an aromatic ring is 1. The van der Waals surface area contributed by atoms with Gasteiger partial charge >= 0.3 is 0 Å². The number of nitrogens with two attached hydrogens (primary N) is 1. The first-order valence-corrected chi connectivity index (χ1v) is 8.88. The second-order valence-corrected chi connectivity index (χ2v) is 7.94. The highest BCUT2D eigenvalue weighted by Crippen LogP contribution is 2.33. The molecule has 5 nitrogen and oxygen atoms in total. The zero-order chi connectivity index (χ0) is 15.6. The summed E-state index contributed by atoms with van der Waals surface area (Å²) >= 11 is 0. The third-order valence-electron chi connectivity index (χ3n) is 4.33. The van der Waals surface area contributed by atoms with Crippen LogP contribution in [0.3, 0.4) is 0 Å². The van der Waals surface area contributed by atoms with E-state index in [9.17, 15) is 8.42 Å². The van der Waals surface area contributed by atoms with Crippen molar-refractivity contribution in [3.63, 3.8) is 0 Å². The Morgan fingerprint density at radius 1 is 1.29 bits per heavy atom. The molecule has 0 aliphatic carbocycles. The van der Waals surface area contributed by atoms with E-state index in [-0.39, 0.29) is 4.90 Å². The molecule has 6 heteroatoms. The molecule has 1 aliphatic heterocycles. The van der Waals surface area contributed by atoms with E-state index in [0.717, 1.165) is 37.5 Å². The van der Waals surface area contributed by atoms with E-state index in [4.69, 9.17) is 5.73 Å². The van der Waals surface area contributed by atoms with Gasteiger partial charge in [0.2, 0.25) is 10.0 Å². The molecule has 2 rings (SSSR count). The van der Waals surface area contributed by atoms with E-state index in [2.05, 4.69) is 11.8 Å². The summed E-state index contributed by atoms with van der Waals surface area (Å²) in [5, 5.41) is 0. The molecular formula is C15H25N3O2S. The van der Waals surface area contributed by atoms with Gasteiger partial charge in [-0.15, -0.1) is 0 Å². The van der Waals surface area contributed by atoms with E-state index < -0.39 is 10.0 Å². The number of benzene rings is 1. The van der Waals surface area contributed by atoms with Crippen molar-refractivity contribution in [1.82, 2.24) is 4.31 Å². The summed E-state index contributed by atoms with van der Waals surface area (Å²) in [6, 6.07) is 5.26. The molecule has 0 bridgehead atoms. The Balaban J connectivity index is 2.31. The molecule has 0 aromatic heterocycles. The van der Waals surface area contributed by atoms with Crippen LogP contribution in [0.4, 0.5) is 11.4 Å². The normalized spacial score (nSPS) is 17.4. The Kier molecular flexibility index (Phi) is 4.78. The van der Waals surface area contributed by atoms with E-state index in [0.29, 0.717) is 5.69 Å². The van der Waals surface area contributed by atoms with E-state index in [1.165, 1.54) is 24.8 Å². The van der Waals surface area contributed by atoms with Gasteiger partial charge in [-0.05, 0) is 30.9 Å². The Morgan fingerprint density at radius 2 is 1.90 bits per heavy atom. The van der Waals surface area contributed by atoms with Crippen molar-refractivity contribution in [3.8, 4) is 0 Å². The molecule has 1 fully saturated rings. The minimum absolute atomic E-state index is 0.197. The highest BCUT2D eigenvalue weighted by atomic mass is 32.2. The van der Waals surface area contributed by atoms with Crippen molar-refractivity contribution >= 4 is 21.4 Å². The average molecular weight is 311 g/mol. The highest BCUT2D eigenvalue weighted by molar-refractivity contribution is 7.89. The zero-order valence-corrected chi connectivity index (χ0v) is 13.9. The maximum atomic E-state index is 12.3. The van der Waals surface area contributed by atoms with Gasteiger partial charge in [-0.25, -0.2) is 12.7 Å². The summed E-state index contributed by atoms with van der Waals surface area (Å²) in [5.74, 6) is 0.774. The second kappa shape index (κ2) is 6.23. The summed E-state index contributed by atoms with van der Waals surface area (Å²) in [5.41, 5.74) is 7.36. The number of sulfonamides is 1. The van der Waals surface area contributed by atoms with Crippen LogP contribution >= 0.6 is 0 Å². The molecule has 1 aliphatic rings. The van der Waals surface area contributed by atoms with Gasteiger partial charge in [-0.2, -0.15) is 0 Å². The van der Waals surface area contributed by atoms with Gasteiger partial charge in [0.25, 0.3) is 0 Å². The Bertz CT molecular complexity index is 591. The first kappa shape index (κ1) is 16.1. The van der Waals surface area contributed by atoms with Gasteiger partial charge in [-0.3, -0.25) is 0 Å². The molecular weight excluding hydrogens is 286 g/mol. The van der Waals surface area contributed by atoms with Crippen LogP contribution in [0.2, 0.25) is 0 Å². The van der Waals surface area contributed by atoms with Crippen molar-refractivity contribution in [2.24, 2.45) is 5.92 Å². The van der Waals surface area contributed by atoms with Gasteiger partial charge in [-0.1, -0.05) is 19.4 Å². The lowest BCUT2D eigenvalue weighted by molar-refractivity contribution is 0.395. The number of rotatable bonds is 4. The molecule has 0 radical (unpaired) electrons. The molecule has 0 unspecified atom stereocenters. The quantitative estimate of drug-likeness (QED) is 0.865. The van der Waals surface area contributed by atoms with Gasteiger partial charge in [0, 0.05) is 27.2 Å². The molecule has 0 saturated carbocycles. The van der Waals surface area contributed by atoms with Gasteiger partial charge in [0.1, 0.15) is 4.90 Å². The SMILES string of the molecule is CCC1CCN(c2cccc(S(=O)(=O)N(C)C)c2N)CC1. The number of para-hydroxylation sites is 1. The van der Waals surface area contributed by atoms with E-state index in [1.807, 2.05) is 6.07 Å². The maximum absolute atomic E-state index is 12.3. The fourth-order valence-electron chi connectivity index (χ4n) is 2.81. The first-order valence-electron chi connectivity index (χ1n) is 7.44. The van der Waals surface area contributed by atoms with Crippen molar-refractivity contribution in [2.45, 2.75) is 31.1 Å². The Hall–Kier alpha value is -1.27. The van der Waals surface area contributed by atoms with Crippen LogP contribution in [0.5, 0.6) is 0 Å². The molecule has 0 atom stereocenters. The predicted molar refractivity (Wildman–Crippen MR) is 87.0 cm³/mol. The Labute approximate surface area is 127 Å². The van der Waals surface area contributed by atoms with Crippen LogP contribution in [0.25, 0.3) is 0 Å². The van der Waals surface area contributed by atoms with Crippen molar-refractivity contribution in [3.05, 3.63) is 18.2 Å². The van der Waals surface area contributed by atoms with E-state index >= 15 is 0 Å². The van der Waals surface area contributed by atoms with Crippen LogP contribution in [0.15, 0.2) is 23.1 Å². The number of hydrogen-bond acceptors (Lipinski definition) is 4. The van der Waals surface area contributed by atoms with Crippen LogP contribution in [0, 0.1) is 5.92 Å². The third kappa shape index (κ3) is 3.16. The smallest absolute Gasteiger partial charge is 0.244 e. The van der Waals surface area contributed by atoms with Crippen molar-refractivity contribution in [1.29, 1.82) is 0 Å². The summed E-state index contributed by atoms with van der Waals surface area (Å²) in [6.45, 7) is 4.10. The molecule has 118 valence electrons.